The molecule has 1 saturated heterocycles. The van der Waals surface area contributed by atoms with Crippen molar-refractivity contribution in [1.82, 2.24) is 10.4 Å². The first-order chi connectivity index (χ1) is 7.90. The molecule has 3 N–H and O–H groups in total. The highest BCUT2D eigenvalue weighted by atomic mass is 16.5. The van der Waals surface area contributed by atoms with Crippen LogP contribution in [-0.2, 0) is 4.74 Å². The van der Waals surface area contributed by atoms with Crippen molar-refractivity contribution in [2.24, 2.45) is 11.7 Å². The molecule has 1 unspecified atom stereocenters. The molecular formula is C12H25N3O. The van der Waals surface area contributed by atoms with Crippen LogP contribution < -0.4 is 11.2 Å². The molecule has 4 heteroatoms. The van der Waals surface area contributed by atoms with Gasteiger partial charge in [-0.2, -0.15) is 0 Å². The predicted octanol–water partition coefficient (Wildman–Crippen LogP) is 0.731. The quantitative estimate of drug-likeness (QED) is 0.743. The van der Waals surface area contributed by atoms with E-state index in [1.165, 1.54) is 32.1 Å². The first-order valence-corrected chi connectivity index (χ1v) is 6.69. The lowest BCUT2D eigenvalue weighted by molar-refractivity contribution is -0.00308. The van der Waals surface area contributed by atoms with Gasteiger partial charge < -0.3 is 10.5 Å². The van der Waals surface area contributed by atoms with Gasteiger partial charge in [0.2, 0.25) is 0 Å². The molecule has 1 saturated carbocycles. The number of nitrogens with zero attached hydrogens (tertiary/aromatic N) is 1. The molecule has 1 aliphatic heterocycles. The second-order valence-corrected chi connectivity index (χ2v) is 4.97. The molecule has 1 aliphatic carbocycles. The van der Waals surface area contributed by atoms with E-state index < -0.39 is 0 Å². The summed E-state index contributed by atoms with van der Waals surface area (Å²) in [6.45, 7) is 4.42. The summed E-state index contributed by atoms with van der Waals surface area (Å²) >= 11 is 0. The summed E-state index contributed by atoms with van der Waals surface area (Å²) in [5.41, 5.74) is 9.50. The average molecular weight is 227 g/mol. The lowest BCUT2D eigenvalue weighted by atomic mass is 9.84. The number of nitrogens with two attached hydrogens (primary N) is 1. The van der Waals surface area contributed by atoms with E-state index in [0.29, 0.717) is 6.04 Å². The van der Waals surface area contributed by atoms with Crippen molar-refractivity contribution >= 4 is 0 Å². The van der Waals surface area contributed by atoms with Crippen LogP contribution in [0.3, 0.4) is 0 Å². The molecule has 1 heterocycles. The summed E-state index contributed by atoms with van der Waals surface area (Å²) in [6, 6.07) is 0.471. The SMILES string of the molecule is NCC(NN1CCOCC1)C1CCCCC1. The van der Waals surface area contributed by atoms with Gasteiger partial charge in [-0.3, -0.25) is 5.43 Å². The first-order valence-electron chi connectivity index (χ1n) is 6.69. The van der Waals surface area contributed by atoms with Crippen molar-refractivity contribution in [1.29, 1.82) is 0 Å². The topological polar surface area (TPSA) is 50.5 Å². The zero-order valence-electron chi connectivity index (χ0n) is 10.2. The van der Waals surface area contributed by atoms with E-state index in [0.717, 1.165) is 38.8 Å². The summed E-state index contributed by atoms with van der Waals surface area (Å²) in [5.74, 6) is 0.779. The predicted molar refractivity (Wildman–Crippen MR) is 64.9 cm³/mol. The largest absolute Gasteiger partial charge is 0.379 e. The van der Waals surface area contributed by atoms with E-state index in [2.05, 4.69) is 10.4 Å². The van der Waals surface area contributed by atoms with Gasteiger partial charge in [0.1, 0.15) is 0 Å². The second kappa shape index (κ2) is 6.55. The van der Waals surface area contributed by atoms with Crippen molar-refractivity contribution in [3.05, 3.63) is 0 Å². The summed E-state index contributed by atoms with van der Waals surface area (Å²) in [6.07, 6.45) is 6.86. The van der Waals surface area contributed by atoms with E-state index in [4.69, 9.17) is 10.5 Å². The van der Waals surface area contributed by atoms with Crippen molar-refractivity contribution in [3.8, 4) is 0 Å². The first kappa shape index (κ1) is 12.3. The monoisotopic (exact) mass is 227 g/mol. The minimum atomic E-state index is 0.471. The molecule has 2 rings (SSSR count). The summed E-state index contributed by atoms with van der Waals surface area (Å²) < 4.78 is 5.35. The highest BCUT2D eigenvalue weighted by Crippen LogP contribution is 2.26. The normalized spacial score (nSPS) is 26.8. The maximum absolute atomic E-state index is 5.90. The Hall–Kier alpha value is -0.160. The van der Waals surface area contributed by atoms with E-state index in [-0.39, 0.29) is 0 Å². The summed E-state index contributed by atoms with van der Waals surface area (Å²) in [4.78, 5) is 0. The van der Waals surface area contributed by atoms with Gasteiger partial charge in [0.15, 0.2) is 0 Å². The molecule has 2 fully saturated rings. The van der Waals surface area contributed by atoms with E-state index in [1.807, 2.05) is 0 Å². The van der Waals surface area contributed by atoms with Crippen molar-refractivity contribution < 1.29 is 4.74 Å². The highest BCUT2D eigenvalue weighted by Gasteiger charge is 2.24. The maximum Gasteiger partial charge on any atom is 0.0608 e. The van der Waals surface area contributed by atoms with Crippen molar-refractivity contribution in [3.63, 3.8) is 0 Å². The number of nitrogens with one attached hydrogen (secondary N) is 1. The molecule has 1 atom stereocenters. The molecule has 0 amide bonds. The molecule has 0 aromatic heterocycles. The molecule has 0 aromatic rings. The van der Waals surface area contributed by atoms with Gasteiger partial charge in [-0.25, -0.2) is 5.01 Å². The fraction of sp³-hybridized carbons (Fsp3) is 1.00. The Morgan fingerprint density at radius 2 is 1.88 bits per heavy atom. The molecule has 0 bridgehead atoms. The zero-order chi connectivity index (χ0) is 11.2. The molecule has 0 spiro atoms. The van der Waals surface area contributed by atoms with Crippen LogP contribution in [0.25, 0.3) is 0 Å². The van der Waals surface area contributed by atoms with Crippen LogP contribution in [0.4, 0.5) is 0 Å². The Bertz CT molecular complexity index is 189. The Labute approximate surface area is 98.5 Å². The van der Waals surface area contributed by atoms with E-state index in [9.17, 15) is 0 Å². The second-order valence-electron chi connectivity index (χ2n) is 4.97. The Morgan fingerprint density at radius 3 is 2.50 bits per heavy atom. The molecule has 0 aromatic carbocycles. The third kappa shape index (κ3) is 3.42. The lowest BCUT2D eigenvalue weighted by Gasteiger charge is -2.36. The van der Waals surface area contributed by atoms with Gasteiger partial charge in [-0.1, -0.05) is 19.3 Å². The highest BCUT2D eigenvalue weighted by molar-refractivity contribution is 4.79. The number of morpholine rings is 1. The molecule has 16 heavy (non-hydrogen) atoms. The van der Waals surface area contributed by atoms with Crippen LogP contribution in [-0.4, -0.2) is 43.9 Å². The Morgan fingerprint density at radius 1 is 1.19 bits per heavy atom. The minimum absolute atomic E-state index is 0.471. The molecule has 0 radical (unpaired) electrons. The molecule has 94 valence electrons. The Balaban J connectivity index is 1.78. The Kier molecular flexibility index (Phi) is 5.03. The minimum Gasteiger partial charge on any atom is -0.379 e. The van der Waals surface area contributed by atoms with Gasteiger partial charge in [0.25, 0.3) is 0 Å². The van der Waals surface area contributed by atoms with Crippen molar-refractivity contribution in [2.45, 2.75) is 38.1 Å². The van der Waals surface area contributed by atoms with Crippen LogP contribution in [0, 0.1) is 5.92 Å². The van der Waals surface area contributed by atoms with E-state index >= 15 is 0 Å². The van der Waals surface area contributed by atoms with Crippen LogP contribution in [0.2, 0.25) is 0 Å². The van der Waals surface area contributed by atoms with Gasteiger partial charge in [-0.15, -0.1) is 0 Å². The number of hydrogen-bond donors (Lipinski definition) is 2. The number of hydrazine groups is 1. The zero-order valence-corrected chi connectivity index (χ0v) is 10.2. The summed E-state index contributed by atoms with van der Waals surface area (Å²) in [5, 5.41) is 2.29. The van der Waals surface area contributed by atoms with E-state index in [1.54, 1.807) is 0 Å². The molecule has 4 nitrogen and oxygen atoms in total. The van der Waals surface area contributed by atoms with Crippen LogP contribution >= 0.6 is 0 Å². The fourth-order valence-corrected chi connectivity index (χ4v) is 2.81. The van der Waals surface area contributed by atoms with Crippen LogP contribution in [0.5, 0.6) is 0 Å². The third-order valence-electron chi connectivity index (χ3n) is 3.83. The van der Waals surface area contributed by atoms with Crippen molar-refractivity contribution in [2.75, 3.05) is 32.8 Å². The smallest absolute Gasteiger partial charge is 0.0608 e. The van der Waals surface area contributed by atoms with Gasteiger partial charge >= 0.3 is 0 Å². The van der Waals surface area contributed by atoms with Gasteiger partial charge in [-0.05, 0) is 18.8 Å². The number of ether oxygens (including phenoxy) is 1. The van der Waals surface area contributed by atoms with Gasteiger partial charge in [0, 0.05) is 25.7 Å². The lowest BCUT2D eigenvalue weighted by Crippen LogP contribution is -2.55. The standard InChI is InChI=1S/C12H25N3O/c13-10-12(11-4-2-1-3-5-11)14-15-6-8-16-9-7-15/h11-12,14H,1-10,13H2. The van der Waals surface area contributed by atoms with Crippen LogP contribution in [0.1, 0.15) is 32.1 Å². The number of rotatable bonds is 4. The summed E-state index contributed by atoms with van der Waals surface area (Å²) in [7, 11) is 0. The molecule has 2 aliphatic rings. The fourth-order valence-electron chi connectivity index (χ4n) is 2.81. The third-order valence-corrected chi connectivity index (χ3v) is 3.83. The maximum atomic E-state index is 5.90. The van der Waals surface area contributed by atoms with Gasteiger partial charge in [0.05, 0.1) is 13.2 Å². The van der Waals surface area contributed by atoms with Crippen LogP contribution in [0.15, 0.2) is 0 Å². The molecular weight excluding hydrogens is 202 g/mol. The average Bonchev–Trinajstić information content (AvgIpc) is 2.38. The number of hydrogen-bond acceptors (Lipinski definition) is 4.